The highest BCUT2D eigenvalue weighted by Crippen LogP contribution is 2.20. The number of hydrogen-bond donors (Lipinski definition) is 1. The second-order valence-corrected chi connectivity index (χ2v) is 6.65. The predicted octanol–water partition coefficient (Wildman–Crippen LogP) is 2.65. The van der Waals surface area contributed by atoms with Gasteiger partial charge in [0.15, 0.2) is 0 Å². The number of aryl methyl sites for hydroxylation is 1. The molecule has 1 aromatic rings. The van der Waals surface area contributed by atoms with Gasteiger partial charge < -0.3 is 14.6 Å². The first-order valence-electron chi connectivity index (χ1n) is 9.43. The Hall–Kier alpha value is -1.33. The molecule has 1 aliphatic rings. The van der Waals surface area contributed by atoms with E-state index < -0.39 is 0 Å². The van der Waals surface area contributed by atoms with Gasteiger partial charge in [0.1, 0.15) is 0 Å². The molecule has 5 heteroatoms. The van der Waals surface area contributed by atoms with Gasteiger partial charge in [0.05, 0.1) is 19.3 Å². The van der Waals surface area contributed by atoms with Crippen molar-refractivity contribution in [1.29, 1.82) is 0 Å². The summed E-state index contributed by atoms with van der Waals surface area (Å²) in [4.78, 5) is 15.2. The number of aromatic nitrogens is 1. The largest absolute Gasteiger partial charge is 0.379 e. The van der Waals surface area contributed by atoms with E-state index in [9.17, 15) is 4.79 Å². The maximum atomic E-state index is 12.9. The molecular formula is C19H33N3O2. The second kappa shape index (κ2) is 9.84. The van der Waals surface area contributed by atoms with Crippen LogP contribution in [0.15, 0.2) is 18.5 Å². The zero-order chi connectivity index (χ0) is 17.4. The molecule has 0 radical (unpaired) electrons. The van der Waals surface area contributed by atoms with Crippen molar-refractivity contribution in [3.05, 3.63) is 24.0 Å². The number of carbonyl (C=O) groups is 1. The zero-order valence-corrected chi connectivity index (χ0v) is 15.5. The van der Waals surface area contributed by atoms with Crippen LogP contribution in [0.2, 0.25) is 0 Å². The average molecular weight is 335 g/mol. The van der Waals surface area contributed by atoms with Gasteiger partial charge in [-0.05, 0) is 24.0 Å². The van der Waals surface area contributed by atoms with E-state index in [1.54, 1.807) is 0 Å². The van der Waals surface area contributed by atoms with Gasteiger partial charge in [-0.25, -0.2) is 0 Å². The average Bonchev–Trinajstić information content (AvgIpc) is 3.06. The number of morpholine rings is 1. The smallest absolute Gasteiger partial charge is 0.237 e. The van der Waals surface area contributed by atoms with Gasteiger partial charge in [0.25, 0.3) is 0 Å². The van der Waals surface area contributed by atoms with Crippen LogP contribution in [0.3, 0.4) is 0 Å². The molecule has 5 nitrogen and oxygen atoms in total. The van der Waals surface area contributed by atoms with Gasteiger partial charge in [-0.3, -0.25) is 9.69 Å². The van der Waals surface area contributed by atoms with Gasteiger partial charge in [-0.15, -0.1) is 0 Å². The molecule has 1 aliphatic heterocycles. The van der Waals surface area contributed by atoms with Crippen LogP contribution in [0.5, 0.6) is 0 Å². The fourth-order valence-electron chi connectivity index (χ4n) is 3.56. The van der Waals surface area contributed by atoms with Crippen LogP contribution in [0.1, 0.15) is 45.6 Å². The molecule has 1 amide bonds. The Kier molecular flexibility index (Phi) is 7.79. The SMILES string of the molecule is CCCn1ccc(CNC(=O)[C@@H](C(CC)CC)N2CCOCC2)c1. The minimum absolute atomic E-state index is 0.0402. The summed E-state index contributed by atoms with van der Waals surface area (Å²) in [5, 5.41) is 3.17. The topological polar surface area (TPSA) is 46.5 Å². The highest BCUT2D eigenvalue weighted by atomic mass is 16.5. The van der Waals surface area contributed by atoms with E-state index in [1.807, 2.05) is 0 Å². The molecule has 0 bridgehead atoms. The van der Waals surface area contributed by atoms with Crippen LogP contribution < -0.4 is 5.32 Å². The van der Waals surface area contributed by atoms with Crippen LogP contribution in [-0.4, -0.2) is 47.7 Å². The van der Waals surface area contributed by atoms with Crippen LogP contribution in [0, 0.1) is 5.92 Å². The summed E-state index contributed by atoms with van der Waals surface area (Å²) in [6.07, 6.45) is 7.39. The van der Waals surface area contributed by atoms with Crippen LogP contribution in [0.4, 0.5) is 0 Å². The maximum Gasteiger partial charge on any atom is 0.237 e. The Labute approximate surface area is 146 Å². The highest BCUT2D eigenvalue weighted by molar-refractivity contribution is 5.82. The van der Waals surface area contributed by atoms with E-state index >= 15 is 0 Å². The molecule has 0 spiro atoms. The molecule has 0 unspecified atom stereocenters. The summed E-state index contributed by atoms with van der Waals surface area (Å²) in [6, 6.07) is 2.05. The number of nitrogens with one attached hydrogen (secondary N) is 1. The zero-order valence-electron chi connectivity index (χ0n) is 15.5. The lowest BCUT2D eigenvalue weighted by atomic mass is 9.91. The van der Waals surface area contributed by atoms with E-state index in [2.05, 4.69) is 54.0 Å². The summed E-state index contributed by atoms with van der Waals surface area (Å²) in [5.41, 5.74) is 1.17. The van der Waals surface area contributed by atoms with Crippen molar-refractivity contribution >= 4 is 5.91 Å². The van der Waals surface area contributed by atoms with E-state index in [1.165, 1.54) is 5.56 Å². The minimum atomic E-state index is -0.0402. The van der Waals surface area contributed by atoms with Crippen molar-refractivity contribution in [1.82, 2.24) is 14.8 Å². The Balaban J connectivity index is 1.97. The molecule has 1 saturated heterocycles. The minimum Gasteiger partial charge on any atom is -0.379 e. The number of nitrogens with zero attached hydrogens (tertiary/aromatic N) is 2. The molecule has 0 aromatic carbocycles. The standard InChI is InChI=1S/C19H33N3O2/c1-4-8-21-9-7-16(15-21)14-20-19(23)18(17(5-2)6-3)22-10-12-24-13-11-22/h7,9,15,17-18H,4-6,8,10-14H2,1-3H3,(H,20,23)/t18-/m1/s1. The molecule has 0 aliphatic carbocycles. The number of carbonyl (C=O) groups excluding carboxylic acids is 1. The van der Waals surface area contributed by atoms with Crippen molar-refractivity contribution < 1.29 is 9.53 Å². The first-order valence-corrected chi connectivity index (χ1v) is 9.43. The summed E-state index contributed by atoms with van der Waals surface area (Å²) in [5.74, 6) is 0.557. The lowest BCUT2D eigenvalue weighted by molar-refractivity contribution is -0.131. The fourth-order valence-corrected chi connectivity index (χ4v) is 3.56. The lowest BCUT2D eigenvalue weighted by Gasteiger charge is -2.37. The summed E-state index contributed by atoms with van der Waals surface area (Å²) < 4.78 is 7.64. The van der Waals surface area contributed by atoms with Gasteiger partial charge >= 0.3 is 0 Å². The number of rotatable bonds is 9. The molecule has 1 N–H and O–H groups in total. The highest BCUT2D eigenvalue weighted by Gasteiger charge is 2.32. The molecule has 1 aromatic heterocycles. The molecular weight excluding hydrogens is 302 g/mol. The number of hydrogen-bond acceptors (Lipinski definition) is 3. The Bertz CT molecular complexity index is 491. The number of amides is 1. The summed E-state index contributed by atoms with van der Waals surface area (Å²) >= 11 is 0. The van der Waals surface area contributed by atoms with Crippen LogP contribution >= 0.6 is 0 Å². The Morgan fingerprint density at radius 3 is 2.58 bits per heavy atom. The third-order valence-electron chi connectivity index (χ3n) is 4.96. The molecule has 2 heterocycles. The van der Waals surface area contributed by atoms with Gasteiger partial charge in [0, 0.05) is 38.6 Å². The predicted molar refractivity (Wildman–Crippen MR) is 96.8 cm³/mol. The molecule has 2 rings (SSSR count). The van der Waals surface area contributed by atoms with Crippen molar-refractivity contribution in [3.8, 4) is 0 Å². The van der Waals surface area contributed by atoms with Crippen molar-refractivity contribution in [3.63, 3.8) is 0 Å². The van der Waals surface area contributed by atoms with Crippen LogP contribution in [0.25, 0.3) is 0 Å². The Morgan fingerprint density at radius 1 is 1.25 bits per heavy atom. The van der Waals surface area contributed by atoms with Gasteiger partial charge in [-0.1, -0.05) is 33.6 Å². The fraction of sp³-hybridized carbons (Fsp3) is 0.737. The number of ether oxygens (including phenoxy) is 1. The van der Waals surface area contributed by atoms with E-state index in [0.29, 0.717) is 12.5 Å². The molecule has 1 atom stereocenters. The van der Waals surface area contributed by atoms with Gasteiger partial charge in [-0.2, -0.15) is 0 Å². The lowest BCUT2D eigenvalue weighted by Crippen LogP contribution is -2.54. The molecule has 0 saturated carbocycles. The quantitative estimate of drug-likeness (QED) is 0.755. The Morgan fingerprint density at radius 2 is 1.96 bits per heavy atom. The van der Waals surface area contributed by atoms with Crippen molar-refractivity contribution in [2.24, 2.45) is 5.92 Å². The van der Waals surface area contributed by atoms with E-state index in [0.717, 1.165) is 52.1 Å². The van der Waals surface area contributed by atoms with Crippen molar-refractivity contribution in [2.75, 3.05) is 26.3 Å². The third kappa shape index (κ3) is 5.08. The second-order valence-electron chi connectivity index (χ2n) is 6.65. The molecule has 1 fully saturated rings. The van der Waals surface area contributed by atoms with Crippen LogP contribution in [-0.2, 0) is 22.6 Å². The van der Waals surface area contributed by atoms with E-state index in [-0.39, 0.29) is 11.9 Å². The molecule has 24 heavy (non-hydrogen) atoms. The van der Waals surface area contributed by atoms with Crippen molar-refractivity contribution in [2.45, 2.75) is 59.2 Å². The first kappa shape index (κ1) is 19.0. The monoisotopic (exact) mass is 335 g/mol. The summed E-state index contributed by atoms with van der Waals surface area (Å²) in [7, 11) is 0. The van der Waals surface area contributed by atoms with E-state index in [4.69, 9.17) is 4.74 Å². The molecule has 136 valence electrons. The normalized spacial score (nSPS) is 17.2. The first-order chi connectivity index (χ1) is 11.7. The third-order valence-corrected chi connectivity index (χ3v) is 4.96. The maximum absolute atomic E-state index is 12.9. The summed E-state index contributed by atoms with van der Waals surface area (Å²) in [6.45, 7) is 11.3. The van der Waals surface area contributed by atoms with Gasteiger partial charge in [0.2, 0.25) is 5.91 Å².